The SMILES string of the molecule is CCCCCCCCOC(C)c1ccc(C(=O)Oc2ccc(C(CC)CCC)cc2)cc1. The van der Waals surface area contributed by atoms with Crippen molar-refractivity contribution in [2.75, 3.05) is 6.61 Å². The average Bonchev–Trinajstić information content (AvgIpc) is 2.82. The Balaban J connectivity index is 1.81. The van der Waals surface area contributed by atoms with Crippen LogP contribution in [0.15, 0.2) is 48.5 Å². The molecule has 0 aliphatic heterocycles. The molecular formula is C29H42O3. The molecule has 0 heterocycles. The third-order valence-electron chi connectivity index (χ3n) is 6.17. The number of carbonyl (C=O) groups excluding carboxylic acids is 1. The molecule has 2 unspecified atom stereocenters. The number of rotatable bonds is 15. The van der Waals surface area contributed by atoms with Gasteiger partial charge in [0.1, 0.15) is 5.75 Å². The monoisotopic (exact) mass is 438 g/mol. The normalized spacial score (nSPS) is 13.0. The maximum Gasteiger partial charge on any atom is 0.343 e. The van der Waals surface area contributed by atoms with Crippen LogP contribution < -0.4 is 4.74 Å². The summed E-state index contributed by atoms with van der Waals surface area (Å²) in [6.07, 6.45) is 11.1. The molecule has 2 atom stereocenters. The van der Waals surface area contributed by atoms with E-state index in [1.54, 1.807) is 0 Å². The second-order valence-corrected chi connectivity index (χ2v) is 8.76. The Morgan fingerprint density at radius 2 is 1.41 bits per heavy atom. The van der Waals surface area contributed by atoms with E-state index in [2.05, 4.69) is 39.8 Å². The van der Waals surface area contributed by atoms with Crippen LogP contribution in [0.1, 0.15) is 119 Å². The fourth-order valence-electron chi connectivity index (χ4n) is 4.06. The van der Waals surface area contributed by atoms with Gasteiger partial charge in [-0.25, -0.2) is 4.79 Å². The van der Waals surface area contributed by atoms with Crippen molar-refractivity contribution in [3.8, 4) is 5.75 Å². The highest BCUT2D eigenvalue weighted by atomic mass is 16.5. The fourth-order valence-corrected chi connectivity index (χ4v) is 4.06. The zero-order valence-electron chi connectivity index (χ0n) is 20.6. The van der Waals surface area contributed by atoms with Crippen LogP contribution in [0, 0.1) is 0 Å². The van der Waals surface area contributed by atoms with Crippen molar-refractivity contribution in [2.24, 2.45) is 0 Å². The van der Waals surface area contributed by atoms with Crippen molar-refractivity contribution in [1.82, 2.24) is 0 Å². The van der Waals surface area contributed by atoms with E-state index >= 15 is 0 Å². The molecule has 0 fully saturated rings. The standard InChI is InChI=1S/C29H42O3/c1-5-8-9-10-11-12-22-31-23(4)25-14-16-27(17-15-25)29(30)32-28-20-18-26(19-21-28)24(7-3)13-6-2/h14-21,23-24H,5-13,22H2,1-4H3. The first-order chi connectivity index (χ1) is 15.6. The lowest BCUT2D eigenvalue weighted by Gasteiger charge is -2.15. The number of hydrogen-bond donors (Lipinski definition) is 0. The Morgan fingerprint density at radius 3 is 2.03 bits per heavy atom. The molecule has 0 bridgehead atoms. The van der Waals surface area contributed by atoms with Gasteiger partial charge in [0.15, 0.2) is 0 Å². The van der Waals surface area contributed by atoms with Crippen LogP contribution >= 0.6 is 0 Å². The van der Waals surface area contributed by atoms with E-state index in [4.69, 9.17) is 9.47 Å². The quantitative estimate of drug-likeness (QED) is 0.158. The molecule has 3 nitrogen and oxygen atoms in total. The van der Waals surface area contributed by atoms with Crippen molar-refractivity contribution >= 4 is 5.97 Å². The van der Waals surface area contributed by atoms with Gasteiger partial charge in [0, 0.05) is 6.61 Å². The van der Waals surface area contributed by atoms with Crippen molar-refractivity contribution in [3.05, 3.63) is 65.2 Å². The molecule has 3 heteroatoms. The number of benzene rings is 2. The topological polar surface area (TPSA) is 35.5 Å². The Bertz CT molecular complexity index is 764. The fraction of sp³-hybridized carbons (Fsp3) is 0.552. The predicted octanol–water partition coefficient (Wildman–Crippen LogP) is 8.64. The van der Waals surface area contributed by atoms with Gasteiger partial charge in [0.05, 0.1) is 11.7 Å². The van der Waals surface area contributed by atoms with Crippen LogP contribution in [0.4, 0.5) is 0 Å². The van der Waals surface area contributed by atoms with Crippen molar-refractivity contribution in [3.63, 3.8) is 0 Å². The lowest BCUT2D eigenvalue weighted by atomic mass is 9.92. The molecule has 32 heavy (non-hydrogen) atoms. The van der Waals surface area contributed by atoms with Crippen LogP contribution in [0.25, 0.3) is 0 Å². The van der Waals surface area contributed by atoms with Crippen molar-refractivity contribution in [2.45, 2.75) is 97.5 Å². The molecular weight excluding hydrogens is 396 g/mol. The Hall–Kier alpha value is -2.13. The molecule has 176 valence electrons. The van der Waals surface area contributed by atoms with Crippen LogP contribution in [0.2, 0.25) is 0 Å². The van der Waals surface area contributed by atoms with E-state index in [1.165, 1.54) is 50.5 Å². The third kappa shape index (κ3) is 8.78. The highest BCUT2D eigenvalue weighted by molar-refractivity contribution is 5.91. The molecule has 0 amide bonds. The summed E-state index contributed by atoms with van der Waals surface area (Å²) < 4.78 is 11.6. The van der Waals surface area contributed by atoms with Crippen LogP contribution in [0.5, 0.6) is 5.75 Å². The van der Waals surface area contributed by atoms with Gasteiger partial charge in [-0.05, 0) is 67.5 Å². The van der Waals surface area contributed by atoms with Crippen LogP contribution in [-0.4, -0.2) is 12.6 Å². The highest BCUT2D eigenvalue weighted by Crippen LogP contribution is 2.27. The van der Waals surface area contributed by atoms with E-state index in [1.807, 2.05) is 36.4 Å². The number of hydrogen-bond acceptors (Lipinski definition) is 3. The Morgan fingerprint density at radius 1 is 0.781 bits per heavy atom. The minimum absolute atomic E-state index is 0.0258. The number of unbranched alkanes of at least 4 members (excludes halogenated alkanes) is 5. The number of ether oxygens (including phenoxy) is 2. The number of esters is 1. The van der Waals surface area contributed by atoms with Gasteiger partial charge in [-0.3, -0.25) is 0 Å². The first-order valence-corrected chi connectivity index (χ1v) is 12.6. The van der Waals surface area contributed by atoms with E-state index < -0.39 is 0 Å². The number of carbonyl (C=O) groups is 1. The summed E-state index contributed by atoms with van der Waals surface area (Å²) in [4.78, 5) is 12.5. The van der Waals surface area contributed by atoms with Crippen LogP contribution in [-0.2, 0) is 4.74 Å². The molecule has 0 aliphatic carbocycles. The second-order valence-electron chi connectivity index (χ2n) is 8.76. The summed E-state index contributed by atoms with van der Waals surface area (Å²) in [5, 5.41) is 0. The largest absolute Gasteiger partial charge is 0.423 e. The minimum atomic E-state index is -0.328. The summed E-state index contributed by atoms with van der Waals surface area (Å²) in [7, 11) is 0. The maximum atomic E-state index is 12.5. The summed E-state index contributed by atoms with van der Waals surface area (Å²) in [5.74, 6) is 0.831. The van der Waals surface area contributed by atoms with Crippen molar-refractivity contribution < 1.29 is 14.3 Å². The van der Waals surface area contributed by atoms with Gasteiger partial charge in [-0.15, -0.1) is 0 Å². The maximum absolute atomic E-state index is 12.5. The molecule has 2 aromatic rings. The van der Waals surface area contributed by atoms with E-state index in [0.717, 1.165) is 25.0 Å². The summed E-state index contributed by atoms with van der Waals surface area (Å²) in [6, 6.07) is 15.5. The molecule has 2 rings (SSSR count). The van der Waals surface area contributed by atoms with Crippen LogP contribution in [0.3, 0.4) is 0 Å². The molecule has 0 aromatic heterocycles. The molecule has 0 N–H and O–H groups in total. The first-order valence-electron chi connectivity index (χ1n) is 12.6. The van der Waals surface area contributed by atoms with Gasteiger partial charge in [0.25, 0.3) is 0 Å². The summed E-state index contributed by atoms with van der Waals surface area (Å²) in [6.45, 7) is 9.52. The summed E-state index contributed by atoms with van der Waals surface area (Å²) >= 11 is 0. The second kappa shape index (κ2) is 14.8. The third-order valence-corrected chi connectivity index (χ3v) is 6.17. The van der Waals surface area contributed by atoms with E-state index in [9.17, 15) is 4.79 Å². The zero-order chi connectivity index (χ0) is 23.2. The molecule has 2 aromatic carbocycles. The van der Waals surface area contributed by atoms with Gasteiger partial charge in [-0.1, -0.05) is 83.6 Å². The first kappa shape index (κ1) is 26.1. The molecule has 0 aliphatic rings. The van der Waals surface area contributed by atoms with Gasteiger partial charge < -0.3 is 9.47 Å². The van der Waals surface area contributed by atoms with E-state index in [0.29, 0.717) is 17.2 Å². The summed E-state index contributed by atoms with van der Waals surface area (Å²) in [5.41, 5.74) is 2.95. The van der Waals surface area contributed by atoms with Gasteiger partial charge >= 0.3 is 5.97 Å². The predicted molar refractivity (Wildman–Crippen MR) is 134 cm³/mol. The van der Waals surface area contributed by atoms with E-state index in [-0.39, 0.29) is 12.1 Å². The molecule has 0 radical (unpaired) electrons. The lowest BCUT2D eigenvalue weighted by molar-refractivity contribution is 0.0626. The highest BCUT2D eigenvalue weighted by Gasteiger charge is 2.12. The zero-order valence-corrected chi connectivity index (χ0v) is 20.6. The average molecular weight is 439 g/mol. The van der Waals surface area contributed by atoms with Gasteiger partial charge in [-0.2, -0.15) is 0 Å². The van der Waals surface area contributed by atoms with Gasteiger partial charge in [0.2, 0.25) is 0 Å². The molecule has 0 saturated carbocycles. The Kier molecular flexibility index (Phi) is 12.1. The molecule has 0 spiro atoms. The Labute approximate surface area is 195 Å². The smallest absolute Gasteiger partial charge is 0.343 e. The molecule has 0 saturated heterocycles. The minimum Gasteiger partial charge on any atom is -0.423 e. The van der Waals surface area contributed by atoms with Crippen molar-refractivity contribution in [1.29, 1.82) is 0 Å². The lowest BCUT2D eigenvalue weighted by Crippen LogP contribution is -2.09.